The van der Waals surface area contributed by atoms with E-state index in [0.29, 0.717) is 10.6 Å². The summed E-state index contributed by atoms with van der Waals surface area (Å²) in [4.78, 5) is 23.6. The number of carbonyl (C=O) groups is 2. The second-order valence-electron chi connectivity index (χ2n) is 5.22. The Morgan fingerprint density at radius 3 is 2.45 bits per heavy atom. The largest absolute Gasteiger partial charge is 0.460 e. The Morgan fingerprint density at radius 2 is 1.90 bits per heavy atom. The van der Waals surface area contributed by atoms with Gasteiger partial charge >= 0.3 is 5.97 Å². The van der Waals surface area contributed by atoms with Crippen molar-refractivity contribution in [3.63, 3.8) is 0 Å². The summed E-state index contributed by atoms with van der Waals surface area (Å²) in [6, 6.07) is 4.83. The first kappa shape index (κ1) is 16.7. The molecule has 0 spiro atoms. The van der Waals surface area contributed by atoms with Crippen molar-refractivity contribution < 1.29 is 19.1 Å². The van der Waals surface area contributed by atoms with Gasteiger partial charge < -0.3 is 9.47 Å². The van der Waals surface area contributed by atoms with Crippen LogP contribution in [0, 0.1) is 0 Å². The maximum atomic E-state index is 12.0. The van der Waals surface area contributed by atoms with Gasteiger partial charge in [-0.3, -0.25) is 4.79 Å². The Balaban J connectivity index is 3.05. The molecule has 5 heteroatoms. The molecule has 0 unspecified atom stereocenters. The zero-order valence-electron chi connectivity index (χ0n) is 12.2. The molecule has 1 aromatic rings. The lowest BCUT2D eigenvalue weighted by molar-refractivity contribution is -0.137. The van der Waals surface area contributed by atoms with Gasteiger partial charge in [-0.15, -0.1) is 0 Å². The highest BCUT2D eigenvalue weighted by Gasteiger charge is 2.23. The van der Waals surface area contributed by atoms with Crippen molar-refractivity contribution in [3.8, 4) is 0 Å². The molecule has 0 aromatic heterocycles. The van der Waals surface area contributed by atoms with Crippen LogP contribution in [-0.4, -0.2) is 24.0 Å². The molecule has 0 aliphatic carbocycles. The van der Waals surface area contributed by atoms with Crippen molar-refractivity contribution >= 4 is 23.4 Å². The summed E-state index contributed by atoms with van der Waals surface area (Å²) in [7, 11) is 0. The Labute approximate surface area is 124 Å². The number of carbonyl (C=O) groups excluding carboxylic acids is 2. The third-order valence-corrected chi connectivity index (χ3v) is 2.83. The first-order chi connectivity index (χ1) is 9.26. The average Bonchev–Trinajstić information content (AvgIpc) is 2.35. The molecule has 0 radical (unpaired) electrons. The van der Waals surface area contributed by atoms with Gasteiger partial charge in [0, 0.05) is 16.1 Å². The van der Waals surface area contributed by atoms with E-state index in [2.05, 4.69) is 0 Å². The van der Waals surface area contributed by atoms with Crippen LogP contribution in [0.2, 0.25) is 5.02 Å². The number of esters is 1. The van der Waals surface area contributed by atoms with E-state index >= 15 is 0 Å². The van der Waals surface area contributed by atoms with E-state index < -0.39 is 11.8 Å². The van der Waals surface area contributed by atoms with Gasteiger partial charge in [0.25, 0.3) is 5.78 Å². The van der Waals surface area contributed by atoms with E-state index in [4.69, 9.17) is 21.1 Å². The number of hydrogen-bond donors (Lipinski definition) is 0. The lowest BCUT2D eigenvalue weighted by Gasteiger charge is -2.21. The molecule has 1 rings (SSSR count). The quantitative estimate of drug-likeness (QED) is 0.475. The highest BCUT2D eigenvalue weighted by atomic mass is 35.5. The normalized spacial score (nSPS) is 11.2. The molecule has 0 atom stereocenters. The van der Waals surface area contributed by atoms with Gasteiger partial charge in [0.15, 0.2) is 0 Å². The van der Waals surface area contributed by atoms with E-state index in [1.165, 1.54) is 0 Å². The zero-order valence-corrected chi connectivity index (χ0v) is 12.9. The van der Waals surface area contributed by atoms with Gasteiger partial charge in [0.2, 0.25) is 0 Å². The molecule has 0 saturated heterocycles. The predicted octanol–water partition coefficient (Wildman–Crippen LogP) is 3.40. The monoisotopic (exact) mass is 298 g/mol. The highest BCUT2D eigenvalue weighted by molar-refractivity contribution is 6.42. The fourth-order valence-electron chi connectivity index (χ4n) is 1.51. The van der Waals surface area contributed by atoms with Gasteiger partial charge in [-0.2, -0.15) is 0 Å². The van der Waals surface area contributed by atoms with Gasteiger partial charge in [-0.25, -0.2) is 4.79 Å². The Hall–Kier alpha value is -1.39. The van der Waals surface area contributed by atoms with Crippen LogP contribution < -0.4 is 0 Å². The molecular weight excluding hydrogens is 280 g/mol. The third-order valence-electron chi connectivity index (χ3n) is 2.47. The van der Waals surface area contributed by atoms with E-state index in [9.17, 15) is 9.59 Å². The van der Waals surface area contributed by atoms with Crippen molar-refractivity contribution in [2.75, 3.05) is 6.61 Å². The fourth-order valence-corrected chi connectivity index (χ4v) is 1.74. The van der Waals surface area contributed by atoms with Crippen molar-refractivity contribution in [1.29, 1.82) is 0 Å². The predicted molar refractivity (Wildman–Crippen MR) is 77.0 cm³/mol. The number of ether oxygens (including phenoxy) is 2. The van der Waals surface area contributed by atoms with Crippen LogP contribution in [0.3, 0.4) is 0 Å². The molecule has 0 amide bonds. The number of Topliss-reactive ketones (excluding diaryl/α,β-unsaturated/α-hetero) is 1. The average molecular weight is 299 g/mol. The van der Waals surface area contributed by atoms with E-state index in [1.54, 1.807) is 25.1 Å². The number of ketones is 1. The summed E-state index contributed by atoms with van der Waals surface area (Å²) in [5.74, 6) is -1.59. The lowest BCUT2D eigenvalue weighted by atomic mass is 10.0. The van der Waals surface area contributed by atoms with Gasteiger partial charge in [-0.05, 0) is 33.8 Å². The summed E-state index contributed by atoms with van der Waals surface area (Å²) >= 11 is 6.10. The molecular formula is C15H19ClO4. The minimum atomic E-state index is -0.883. The zero-order chi connectivity index (χ0) is 15.3. The van der Waals surface area contributed by atoms with Crippen LogP contribution in [0.15, 0.2) is 18.2 Å². The van der Waals surface area contributed by atoms with Crippen LogP contribution in [0.5, 0.6) is 0 Å². The van der Waals surface area contributed by atoms with E-state index in [0.717, 1.165) is 0 Å². The Kier molecular flexibility index (Phi) is 5.72. The Morgan fingerprint density at radius 1 is 1.25 bits per heavy atom. The SMILES string of the molecule is CCOC(=O)C(=O)c1cccc(Cl)c1COC(C)(C)C. The maximum absolute atomic E-state index is 12.0. The van der Waals surface area contributed by atoms with Crippen molar-refractivity contribution in [1.82, 2.24) is 0 Å². The summed E-state index contributed by atoms with van der Waals surface area (Å²) in [5, 5.41) is 0.393. The molecule has 0 bridgehead atoms. The van der Waals surface area contributed by atoms with Crippen LogP contribution in [0.1, 0.15) is 43.6 Å². The van der Waals surface area contributed by atoms with Crippen LogP contribution in [0.4, 0.5) is 0 Å². The topological polar surface area (TPSA) is 52.6 Å². The molecule has 1 aromatic carbocycles. The molecule has 0 N–H and O–H groups in total. The smallest absolute Gasteiger partial charge is 0.379 e. The second-order valence-corrected chi connectivity index (χ2v) is 5.62. The highest BCUT2D eigenvalue weighted by Crippen LogP contribution is 2.24. The van der Waals surface area contributed by atoms with Crippen LogP contribution >= 0.6 is 11.6 Å². The summed E-state index contributed by atoms with van der Waals surface area (Å²) < 4.78 is 10.4. The van der Waals surface area contributed by atoms with Crippen LogP contribution in [-0.2, 0) is 20.9 Å². The summed E-state index contributed by atoms with van der Waals surface area (Å²) in [6.45, 7) is 7.65. The first-order valence-corrected chi connectivity index (χ1v) is 6.77. The van der Waals surface area contributed by atoms with Gasteiger partial charge in [0.1, 0.15) is 0 Å². The molecule has 4 nitrogen and oxygen atoms in total. The van der Waals surface area contributed by atoms with Gasteiger partial charge in [0.05, 0.1) is 18.8 Å². The number of benzene rings is 1. The first-order valence-electron chi connectivity index (χ1n) is 6.39. The number of rotatable bonds is 5. The molecule has 0 heterocycles. The number of hydrogen-bond acceptors (Lipinski definition) is 4. The summed E-state index contributed by atoms with van der Waals surface area (Å²) in [6.07, 6.45) is 0. The molecule has 20 heavy (non-hydrogen) atoms. The van der Waals surface area contributed by atoms with Crippen LogP contribution in [0.25, 0.3) is 0 Å². The molecule has 0 aliphatic heterocycles. The molecule has 0 aliphatic rings. The summed E-state index contributed by atoms with van der Waals surface area (Å²) in [5.41, 5.74) is 0.353. The van der Waals surface area contributed by atoms with Crippen molar-refractivity contribution in [2.24, 2.45) is 0 Å². The molecule has 0 fully saturated rings. The van der Waals surface area contributed by atoms with E-state index in [-0.39, 0.29) is 24.4 Å². The fraction of sp³-hybridized carbons (Fsp3) is 0.467. The van der Waals surface area contributed by atoms with Crippen molar-refractivity contribution in [2.45, 2.75) is 39.9 Å². The lowest BCUT2D eigenvalue weighted by Crippen LogP contribution is -2.22. The van der Waals surface area contributed by atoms with Gasteiger partial charge in [-0.1, -0.05) is 23.7 Å². The molecule has 0 saturated carbocycles. The minimum absolute atomic E-state index is 0.152. The third kappa shape index (κ3) is 4.62. The van der Waals surface area contributed by atoms with E-state index in [1.807, 2.05) is 20.8 Å². The standard InChI is InChI=1S/C15H19ClO4/c1-5-19-14(18)13(17)10-7-6-8-12(16)11(10)9-20-15(2,3)4/h6-8H,5,9H2,1-4H3. The van der Waals surface area contributed by atoms with Crippen molar-refractivity contribution in [3.05, 3.63) is 34.3 Å². The molecule has 110 valence electrons. The second kappa shape index (κ2) is 6.86. The number of halogens is 1. The minimum Gasteiger partial charge on any atom is -0.460 e. The maximum Gasteiger partial charge on any atom is 0.379 e. The Bertz CT molecular complexity index is 503.